The van der Waals surface area contributed by atoms with E-state index in [0.717, 1.165) is 58.2 Å². The average molecular weight is 1690 g/mol. The van der Waals surface area contributed by atoms with Crippen molar-refractivity contribution in [2.24, 2.45) is 73.9 Å². The van der Waals surface area contributed by atoms with Crippen LogP contribution in [0.3, 0.4) is 0 Å². The Balaban J connectivity index is 0.774. The van der Waals surface area contributed by atoms with Crippen molar-refractivity contribution in [2.45, 2.75) is 284 Å². The Morgan fingerprint density at radius 1 is 0.375 bits per heavy atom. The predicted molar refractivity (Wildman–Crippen MR) is 413 cm³/mol. The van der Waals surface area contributed by atoms with Crippen LogP contribution in [0, 0.1) is 0 Å². The largest absolute Gasteiger partial charge is 0.389 e. The van der Waals surface area contributed by atoms with Gasteiger partial charge in [-0.15, -0.1) is 0 Å². The summed E-state index contributed by atoms with van der Waals surface area (Å²) >= 11 is 14.1. The molecule has 2 saturated carbocycles. The van der Waals surface area contributed by atoms with Crippen LogP contribution in [0.5, 0.6) is 0 Å². The molecule has 6 saturated heterocycles. The van der Waals surface area contributed by atoms with Crippen molar-refractivity contribution in [1.82, 2.24) is 26.2 Å². The third-order valence-electron chi connectivity index (χ3n) is 21.4. The molecule has 0 bridgehead atoms. The van der Waals surface area contributed by atoms with E-state index in [1.807, 2.05) is 0 Å². The van der Waals surface area contributed by atoms with E-state index in [9.17, 15) is 61.3 Å². The van der Waals surface area contributed by atoms with Crippen molar-refractivity contribution >= 4 is 58.2 Å². The minimum atomic E-state index is -1.60. The molecule has 8 fully saturated rings. The first kappa shape index (κ1) is 95.4. The smallest absolute Gasteiger partial charge is 0.187 e. The number of nitrogens with two attached hydrogens (primary N) is 12. The van der Waals surface area contributed by atoms with Crippen molar-refractivity contribution in [3.05, 3.63) is 10.4 Å². The highest BCUT2D eigenvalue weighted by molar-refractivity contribution is 7.99. The molecule has 0 spiro atoms. The molecular formula is C64H126N20O24S4. The Bertz CT molecular complexity index is 2830. The molecule has 38 atom stereocenters. The molecule has 0 amide bonds. The van der Waals surface area contributed by atoms with Gasteiger partial charge in [0.1, 0.15) is 122 Å². The lowest BCUT2D eigenvalue weighted by atomic mass is 9.84. The van der Waals surface area contributed by atoms with Crippen LogP contribution in [0.4, 0.5) is 0 Å². The summed E-state index contributed by atoms with van der Waals surface area (Å²) in [5, 5.41) is 150. The lowest BCUT2D eigenvalue weighted by Gasteiger charge is -2.47. The van der Waals surface area contributed by atoms with Crippen molar-refractivity contribution in [1.29, 1.82) is 0 Å². The number of nitrogens with one attached hydrogen (secondary N) is 4. The number of aliphatic hydroxyl groups excluding tert-OH is 12. The van der Waals surface area contributed by atoms with Gasteiger partial charge in [-0.25, -0.2) is 0 Å². The standard InChI is InChI=1S/C64H126N20O24S4/c65-19-29-41(87)45(91)35(73)57(97-29)103-51-27(71)17-25(69)39(85)55(51)107-61-49(95)53(105-59-37(75)47(93)43(89)31(21-67)99-59)33(101-61)23-111-15-10-80-63(109)78-7-3-5-13-84(12-4-1-2-9-82-83-77)14-6-8-79-64(110)81-11-16-112-24-34-54(106-60-38(76)48(94)44(90)32(22-68)100-60)50(96)62(102-34)108-56-40(86)26(70)18-28(72)52(56)104-58-36(74)46(92)42(88)30(20-66)98-58/h25-62,85-96H,1-24,65-76H2,(H2,78,80,109)(H2,79,81,110)/t25-,26-,27?,28?,29?,30?,31?,32?,33-,34-,35?,36?,37-,38-,39?,40?,41-,42-,43-,44-,45-,46-,47?,48?,49+,50+,51-,52-,53+,54+,55-,56-,57-,58+,59-,60-,61?,62?/m1/s1. The van der Waals surface area contributed by atoms with E-state index in [1.165, 1.54) is 23.5 Å². The van der Waals surface area contributed by atoms with E-state index >= 15 is 0 Å². The molecule has 40 N–H and O–H groups in total. The van der Waals surface area contributed by atoms with Gasteiger partial charge in [0.15, 0.2) is 48.0 Å². The molecule has 8 rings (SSSR count). The first-order valence-corrected chi connectivity index (χ1v) is 41.4. The third-order valence-corrected chi connectivity index (χ3v) is 24.1. The van der Waals surface area contributed by atoms with Crippen LogP contribution in [0.25, 0.3) is 10.4 Å². The van der Waals surface area contributed by atoms with Crippen LogP contribution in [-0.2, 0) is 56.8 Å². The molecular weight excluding hydrogens is 1560 g/mol. The third kappa shape index (κ3) is 25.3. The van der Waals surface area contributed by atoms with Crippen LogP contribution < -0.4 is 90.1 Å². The summed E-state index contributed by atoms with van der Waals surface area (Å²) in [5.41, 5.74) is 82.9. The van der Waals surface area contributed by atoms with E-state index in [-0.39, 0.29) is 50.5 Å². The molecule has 0 aromatic carbocycles. The van der Waals surface area contributed by atoms with Crippen LogP contribution in [0.1, 0.15) is 51.4 Å². The van der Waals surface area contributed by atoms with Gasteiger partial charge in [-0.1, -0.05) is 11.5 Å². The number of hydrogen-bond donors (Lipinski definition) is 28. The van der Waals surface area contributed by atoms with E-state index in [1.54, 1.807) is 0 Å². The molecule has 44 nitrogen and oxygen atoms in total. The quantitative estimate of drug-likeness (QED) is 0.00888. The Hall–Kier alpha value is -2.09. The molecule has 48 heteroatoms. The first-order valence-electron chi connectivity index (χ1n) is 38.3. The maximum Gasteiger partial charge on any atom is 0.187 e. The molecule has 0 aromatic heterocycles. The van der Waals surface area contributed by atoms with Gasteiger partial charge in [0.05, 0.1) is 48.6 Å². The first-order chi connectivity index (χ1) is 53.5. The summed E-state index contributed by atoms with van der Waals surface area (Å²) in [6.45, 7) is 3.99. The summed E-state index contributed by atoms with van der Waals surface area (Å²) in [7, 11) is 0. The highest BCUT2D eigenvalue weighted by Crippen LogP contribution is 2.39. The van der Waals surface area contributed by atoms with E-state index in [2.05, 4.69) is 36.2 Å². The van der Waals surface area contributed by atoms with E-state index in [0.29, 0.717) is 54.5 Å². The van der Waals surface area contributed by atoms with Gasteiger partial charge in [-0.2, -0.15) is 23.5 Å². The number of unbranched alkanes of at least 4 members (excludes halogenated alkanes) is 3. The molecule has 6 aliphatic heterocycles. The normalized spacial score (nSPS) is 43.2. The van der Waals surface area contributed by atoms with Crippen LogP contribution in [-0.4, -0.2) is 411 Å². The summed E-state index contributed by atoms with van der Waals surface area (Å²) < 4.78 is 73.7. The molecule has 2 aliphatic carbocycles. The SMILES string of the molecule is [N-]=[N+]=NCCCCCN(CCCCNC(=S)NCCSC[C@H]1OC(O[C@@H]2C(O)[C@H](N)CC(N)[C@H]2O[C@H]2OC(CN)[C@@H](O)[C@H](O)C2N)[C@@H](O)[C@H]1O[C@H]1OC(CN)[C@@H](O)C(O)[C@H]1N)CCCNC(=S)NCCSC[C@H]1OC(O[C@@H]2C(O)[C@H](N)CC(N)[C@H]2O[C@@H]2OC(CN)[C@@H](O)[C@H](O)C2N)[C@@H](O)[C@H]1O[C@H]1OC(CN)[C@@H](O)C(O)[C@H]1N. The summed E-state index contributed by atoms with van der Waals surface area (Å²) in [6, 6.07) is -8.77. The molecule has 0 radical (unpaired) electrons. The Kier molecular flexibility index (Phi) is 39.7. The van der Waals surface area contributed by atoms with Gasteiger partial charge >= 0.3 is 0 Å². The Morgan fingerprint density at radius 3 is 1.04 bits per heavy atom. The van der Waals surface area contributed by atoms with Crippen molar-refractivity contribution in [2.75, 3.05) is 102 Å². The van der Waals surface area contributed by atoms with Gasteiger partial charge in [0.25, 0.3) is 0 Å². The fraction of sp³-hybridized carbons (Fsp3) is 0.969. The van der Waals surface area contributed by atoms with Gasteiger partial charge in [-0.3, -0.25) is 0 Å². The van der Waals surface area contributed by atoms with Gasteiger partial charge < -0.3 is 213 Å². The second-order valence-electron chi connectivity index (χ2n) is 29.6. The lowest BCUT2D eigenvalue weighted by Crippen LogP contribution is -2.68. The zero-order valence-electron chi connectivity index (χ0n) is 62.5. The van der Waals surface area contributed by atoms with Gasteiger partial charge in [0, 0.05) is 111 Å². The summed E-state index contributed by atoms with van der Waals surface area (Å²) in [5.74, 6) is 1.33. The van der Waals surface area contributed by atoms with Gasteiger partial charge in [-0.05, 0) is 94.5 Å². The van der Waals surface area contributed by atoms with Crippen LogP contribution in [0.15, 0.2) is 5.11 Å². The maximum absolute atomic E-state index is 12.0. The topological polar surface area (TPSA) is 766 Å². The van der Waals surface area contributed by atoms with Crippen LogP contribution >= 0.6 is 48.0 Å². The number of aliphatic hydroxyl groups is 12. The van der Waals surface area contributed by atoms with Crippen LogP contribution in [0.2, 0.25) is 0 Å². The zero-order valence-corrected chi connectivity index (χ0v) is 65.8. The number of thioether (sulfide) groups is 2. The minimum absolute atomic E-state index is 0.0541. The molecule has 650 valence electrons. The highest BCUT2D eigenvalue weighted by Gasteiger charge is 2.58. The predicted octanol–water partition coefficient (Wildman–Crippen LogP) is -13.4. The maximum atomic E-state index is 12.0. The fourth-order valence-electron chi connectivity index (χ4n) is 14.7. The number of rotatable bonds is 41. The number of thiocarbonyl (C=S) groups is 2. The van der Waals surface area contributed by atoms with Crippen molar-refractivity contribution in [3.63, 3.8) is 0 Å². The average Bonchev–Trinajstić information content (AvgIpc) is 1.60. The molecule has 14 unspecified atom stereocenters. The molecule has 6 heterocycles. The lowest BCUT2D eigenvalue weighted by molar-refractivity contribution is -0.306. The second-order valence-corrected chi connectivity index (χ2v) is 32.7. The molecule has 0 aromatic rings. The number of nitrogens with zero attached hydrogens (tertiary/aromatic N) is 4. The summed E-state index contributed by atoms with van der Waals surface area (Å²) in [6.07, 6.45) is -35.1. The van der Waals surface area contributed by atoms with E-state index in [4.69, 9.17) is 156 Å². The number of azide groups is 1. The monoisotopic (exact) mass is 1690 g/mol. The Labute approximate surface area is 669 Å². The van der Waals surface area contributed by atoms with Crippen molar-refractivity contribution in [3.8, 4) is 0 Å². The van der Waals surface area contributed by atoms with Crippen molar-refractivity contribution < 1.29 is 118 Å². The van der Waals surface area contributed by atoms with E-state index < -0.39 is 233 Å². The zero-order chi connectivity index (χ0) is 81.8. The molecule has 8 aliphatic rings. The molecule has 112 heavy (non-hydrogen) atoms. The highest BCUT2D eigenvalue weighted by atomic mass is 32.2. The van der Waals surface area contributed by atoms with Gasteiger partial charge in [0.2, 0.25) is 0 Å². The second kappa shape index (κ2) is 46.6. The number of ether oxygens (including phenoxy) is 12. The Morgan fingerprint density at radius 2 is 0.688 bits per heavy atom. The minimum Gasteiger partial charge on any atom is -0.389 e. The fourth-order valence-corrected chi connectivity index (χ4v) is 16.9. The number of hydrogen-bond acceptors (Lipinski definition) is 42. The summed E-state index contributed by atoms with van der Waals surface area (Å²) in [4.78, 5) is 5.24.